The number of aryl methyl sites for hydroxylation is 1. The maximum atomic E-state index is 12.5. The fourth-order valence-corrected chi connectivity index (χ4v) is 2.41. The van der Waals surface area contributed by atoms with E-state index in [1.54, 1.807) is 24.5 Å². The van der Waals surface area contributed by atoms with Crippen LogP contribution in [0.1, 0.15) is 15.9 Å². The Morgan fingerprint density at radius 3 is 2.50 bits per heavy atom. The summed E-state index contributed by atoms with van der Waals surface area (Å²) in [5, 5.41) is 2.88. The fourth-order valence-electron chi connectivity index (χ4n) is 2.41. The molecule has 0 saturated heterocycles. The molecule has 1 aromatic heterocycles. The van der Waals surface area contributed by atoms with Crippen molar-refractivity contribution in [2.24, 2.45) is 0 Å². The van der Waals surface area contributed by atoms with Gasteiger partial charge in [-0.2, -0.15) is 0 Å². The number of para-hydroxylation sites is 3. The molecule has 26 heavy (non-hydrogen) atoms. The summed E-state index contributed by atoms with van der Waals surface area (Å²) in [6.07, 6.45) is 3.22. The third-order valence-electron chi connectivity index (χ3n) is 3.77. The molecule has 3 aromatic rings. The molecule has 5 heteroatoms. The van der Waals surface area contributed by atoms with Crippen molar-refractivity contribution in [2.45, 2.75) is 6.92 Å². The predicted octanol–water partition coefficient (Wildman–Crippen LogP) is 4.10. The topological polar surface area (TPSA) is 60.5 Å². The summed E-state index contributed by atoms with van der Waals surface area (Å²) in [4.78, 5) is 16.5. The van der Waals surface area contributed by atoms with Gasteiger partial charge in [-0.1, -0.05) is 30.3 Å². The number of rotatable bonds is 7. The first kappa shape index (κ1) is 17.5. The second-order valence-electron chi connectivity index (χ2n) is 5.65. The lowest BCUT2D eigenvalue weighted by atomic mass is 10.1. The van der Waals surface area contributed by atoms with Crippen molar-refractivity contribution in [3.8, 4) is 11.5 Å². The number of nitrogens with zero attached hydrogens (tertiary/aromatic N) is 1. The van der Waals surface area contributed by atoms with E-state index in [4.69, 9.17) is 9.47 Å². The molecule has 0 aliphatic rings. The first-order chi connectivity index (χ1) is 12.7. The van der Waals surface area contributed by atoms with Crippen LogP contribution in [0.5, 0.6) is 11.5 Å². The Labute approximate surface area is 152 Å². The van der Waals surface area contributed by atoms with E-state index in [1.807, 2.05) is 55.5 Å². The maximum absolute atomic E-state index is 12.5. The summed E-state index contributed by atoms with van der Waals surface area (Å²) in [5.74, 6) is 1.18. The average molecular weight is 348 g/mol. The number of aromatic nitrogens is 1. The minimum atomic E-state index is -0.216. The van der Waals surface area contributed by atoms with Crippen LogP contribution in [0.15, 0.2) is 73.1 Å². The molecule has 0 atom stereocenters. The highest BCUT2D eigenvalue weighted by molar-refractivity contribution is 6.05. The zero-order valence-electron chi connectivity index (χ0n) is 14.5. The van der Waals surface area contributed by atoms with E-state index in [-0.39, 0.29) is 5.91 Å². The molecule has 0 unspecified atom stereocenters. The van der Waals surface area contributed by atoms with Gasteiger partial charge in [-0.3, -0.25) is 9.78 Å². The number of carbonyl (C=O) groups is 1. The van der Waals surface area contributed by atoms with Gasteiger partial charge in [-0.15, -0.1) is 0 Å². The molecule has 2 aromatic carbocycles. The van der Waals surface area contributed by atoms with Crippen LogP contribution < -0.4 is 14.8 Å². The van der Waals surface area contributed by atoms with Gasteiger partial charge in [0, 0.05) is 12.4 Å². The Hall–Kier alpha value is -3.34. The van der Waals surface area contributed by atoms with Crippen LogP contribution in [0, 0.1) is 6.92 Å². The number of anilines is 1. The number of amides is 1. The summed E-state index contributed by atoms with van der Waals surface area (Å²) >= 11 is 0. The van der Waals surface area contributed by atoms with Crippen molar-refractivity contribution in [1.82, 2.24) is 4.98 Å². The molecular formula is C21H20N2O3. The summed E-state index contributed by atoms with van der Waals surface area (Å²) in [7, 11) is 0. The molecule has 0 spiro atoms. The van der Waals surface area contributed by atoms with E-state index >= 15 is 0 Å². The van der Waals surface area contributed by atoms with Gasteiger partial charge in [0.2, 0.25) is 0 Å². The van der Waals surface area contributed by atoms with Gasteiger partial charge >= 0.3 is 0 Å². The van der Waals surface area contributed by atoms with Gasteiger partial charge in [0.15, 0.2) is 0 Å². The van der Waals surface area contributed by atoms with Crippen LogP contribution in [-0.4, -0.2) is 24.1 Å². The number of hydrogen-bond donors (Lipinski definition) is 1. The molecule has 0 bridgehead atoms. The minimum absolute atomic E-state index is 0.216. The highest BCUT2D eigenvalue weighted by Crippen LogP contribution is 2.24. The monoisotopic (exact) mass is 348 g/mol. The maximum Gasteiger partial charge on any atom is 0.257 e. The van der Waals surface area contributed by atoms with Gasteiger partial charge in [0.1, 0.15) is 24.7 Å². The number of ether oxygens (including phenoxy) is 2. The zero-order valence-corrected chi connectivity index (χ0v) is 14.5. The molecular weight excluding hydrogens is 328 g/mol. The fraction of sp³-hybridized carbons (Fsp3) is 0.143. The minimum Gasteiger partial charge on any atom is -0.490 e. The lowest BCUT2D eigenvalue weighted by Crippen LogP contribution is -2.15. The molecule has 1 heterocycles. The van der Waals surface area contributed by atoms with Crippen LogP contribution in [-0.2, 0) is 0 Å². The highest BCUT2D eigenvalue weighted by Gasteiger charge is 2.12. The first-order valence-corrected chi connectivity index (χ1v) is 8.35. The van der Waals surface area contributed by atoms with E-state index in [1.165, 1.54) is 0 Å². The molecule has 1 N–H and O–H groups in total. The second kappa shape index (κ2) is 8.67. The molecule has 0 radical (unpaired) electrons. The van der Waals surface area contributed by atoms with Crippen LogP contribution >= 0.6 is 0 Å². The van der Waals surface area contributed by atoms with Gasteiger partial charge in [0.05, 0.1) is 11.3 Å². The Kier molecular flexibility index (Phi) is 5.83. The standard InChI is InChI=1S/C21H20N2O3/c1-16-11-12-22-15-18(16)21(24)23-19-9-5-6-10-20(19)26-14-13-25-17-7-3-2-4-8-17/h2-12,15H,13-14H2,1H3,(H,23,24). The molecule has 0 saturated carbocycles. The smallest absolute Gasteiger partial charge is 0.257 e. The van der Waals surface area contributed by atoms with Gasteiger partial charge < -0.3 is 14.8 Å². The van der Waals surface area contributed by atoms with Crippen molar-refractivity contribution in [2.75, 3.05) is 18.5 Å². The zero-order chi connectivity index (χ0) is 18.2. The number of pyridine rings is 1. The highest BCUT2D eigenvalue weighted by atomic mass is 16.5. The Morgan fingerprint density at radius 2 is 1.69 bits per heavy atom. The van der Waals surface area contributed by atoms with Gasteiger partial charge in [-0.05, 0) is 42.8 Å². The van der Waals surface area contributed by atoms with Crippen LogP contribution in [0.25, 0.3) is 0 Å². The Bertz CT molecular complexity index is 866. The lowest BCUT2D eigenvalue weighted by Gasteiger charge is -2.13. The lowest BCUT2D eigenvalue weighted by molar-refractivity contribution is 0.102. The van der Waals surface area contributed by atoms with Crippen molar-refractivity contribution in [3.63, 3.8) is 0 Å². The van der Waals surface area contributed by atoms with Crippen LogP contribution in [0.3, 0.4) is 0 Å². The third kappa shape index (κ3) is 4.60. The van der Waals surface area contributed by atoms with E-state index in [2.05, 4.69) is 10.3 Å². The number of nitrogens with one attached hydrogen (secondary N) is 1. The molecule has 5 nitrogen and oxygen atoms in total. The van der Waals surface area contributed by atoms with Crippen molar-refractivity contribution < 1.29 is 14.3 Å². The number of hydrogen-bond acceptors (Lipinski definition) is 4. The quantitative estimate of drug-likeness (QED) is 0.653. The number of benzene rings is 2. The molecule has 0 aliphatic carbocycles. The summed E-state index contributed by atoms with van der Waals surface area (Å²) in [5.41, 5.74) is 2.02. The molecule has 0 fully saturated rings. The first-order valence-electron chi connectivity index (χ1n) is 8.35. The Balaban J connectivity index is 1.59. The van der Waals surface area contributed by atoms with E-state index < -0.39 is 0 Å². The average Bonchev–Trinajstić information content (AvgIpc) is 2.67. The van der Waals surface area contributed by atoms with Crippen molar-refractivity contribution in [1.29, 1.82) is 0 Å². The molecule has 3 rings (SSSR count). The second-order valence-corrected chi connectivity index (χ2v) is 5.65. The number of carbonyl (C=O) groups excluding carboxylic acids is 1. The van der Waals surface area contributed by atoms with Gasteiger partial charge in [-0.25, -0.2) is 0 Å². The van der Waals surface area contributed by atoms with Crippen LogP contribution in [0.4, 0.5) is 5.69 Å². The molecule has 1 amide bonds. The van der Waals surface area contributed by atoms with Crippen LogP contribution in [0.2, 0.25) is 0 Å². The third-order valence-corrected chi connectivity index (χ3v) is 3.77. The summed E-state index contributed by atoms with van der Waals surface area (Å²) < 4.78 is 11.4. The molecule has 0 aliphatic heterocycles. The Morgan fingerprint density at radius 1 is 0.962 bits per heavy atom. The SMILES string of the molecule is Cc1ccncc1C(=O)Nc1ccccc1OCCOc1ccccc1. The normalized spacial score (nSPS) is 10.2. The van der Waals surface area contributed by atoms with E-state index in [0.717, 1.165) is 11.3 Å². The van der Waals surface area contributed by atoms with Crippen molar-refractivity contribution >= 4 is 11.6 Å². The van der Waals surface area contributed by atoms with Gasteiger partial charge in [0.25, 0.3) is 5.91 Å². The van der Waals surface area contributed by atoms with Crippen molar-refractivity contribution in [3.05, 3.63) is 84.2 Å². The largest absolute Gasteiger partial charge is 0.490 e. The predicted molar refractivity (Wildman–Crippen MR) is 101 cm³/mol. The molecule has 132 valence electrons. The summed E-state index contributed by atoms with van der Waals surface area (Å²) in [6.45, 7) is 2.65. The van der Waals surface area contributed by atoms with E-state index in [9.17, 15) is 4.79 Å². The van der Waals surface area contributed by atoms with E-state index in [0.29, 0.717) is 30.2 Å². The summed E-state index contributed by atoms with van der Waals surface area (Å²) in [6, 6.07) is 18.7.